The molecule has 0 fully saturated rings. The highest BCUT2D eigenvalue weighted by atomic mass is 32.1. The Hall–Kier alpha value is -2.79. The van der Waals surface area contributed by atoms with Gasteiger partial charge in [0.15, 0.2) is 5.11 Å². The van der Waals surface area contributed by atoms with Crippen LogP contribution in [0.4, 0.5) is 5.69 Å². The predicted octanol–water partition coefficient (Wildman–Crippen LogP) is 5.21. The van der Waals surface area contributed by atoms with Crippen molar-refractivity contribution < 1.29 is 9.15 Å². The van der Waals surface area contributed by atoms with Gasteiger partial charge >= 0.3 is 0 Å². The molecule has 1 N–H and O–H groups in total. The number of furan rings is 1. The minimum absolute atomic E-state index is 0.620. The maximum Gasteiger partial charge on any atom is 0.173 e. The van der Waals surface area contributed by atoms with Crippen LogP contribution < -0.4 is 10.1 Å². The van der Waals surface area contributed by atoms with E-state index >= 15 is 0 Å². The van der Waals surface area contributed by atoms with Gasteiger partial charge in [0, 0.05) is 12.7 Å². The van der Waals surface area contributed by atoms with Gasteiger partial charge in [0.05, 0.1) is 6.54 Å². The molecular weight excluding hydrogens is 332 g/mol. The fourth-order valence-electron chi connectivity index (χ4n) is 2.33. The third kappa shape index (κ3) is 4.84. The highest BCUT2D eigenvalue weighted by molar-refractivity contribution is 7.80. The normalized spacial score (nSPS) is 10.3. The van der Waals surface area contributed by atoms with Crippen molar-refractivity contribution in [1.29, 1.82) is 0 Å². The van der Waals surface area contributed by atoms with Crippen LogP contribution in [0.15, 0.2) is 71.1 Å². The summed E-state index contributed by atoms with van der Waals surface area (Å²) in [6, 6.07) is 21.3. The van der Waals surface area contributed by atoms with E-state index in [1.807, 2.05) is 85.6 Å². The molecule has 0 aliphatic rings. The van der Waals surface area contributed by atoms with Crippen LogP contribution >= 0.6 is 12.2 Å². The van der Waals surface area contributed by atoms with E-state index in [2.05, 4.69) is 5.32 Å². The summed E-state index contributed by atoms with van der Waals surface area (Å²) in [4.78, 5) is 1.93. The molecule has 1 heterocycles. The van der Waals surface area contributed by atoms with Gasteiger partial charge in [-0.15, -0.1) is 0 Å². The summed E-state index contributed by atoms with van der Waals surface area (Å²) in [6.45, 7) is 2.55. The number of ether oxygens (including phenoxy) is 1. The van der Waals surface area contributed by atoms with Crippen molar-refractivity contribution >= 4 is 23.0 Å². The molecule has 2 aromatic carbocycles. The van der Waals surface area contributed by atoms with Gasteiger partial charge in [0.2, 0.25) is 0 Å². The van der Waals surface area contributed by atoms with Crippen LogP contribution in [0.1, 0.15) is 11.5 Å². The first-order valence-corrected chi connectivity index (χ1v) is 8.41. The van der Waals surface area contributed by atoms with Crippen LogP contribution in [-0.4, -0.2) is 17.1 Å². The van der Waals surface area contributed by atoms with Gasteiger partial charge < -0.3 is 19.4 Å². The Labute approximate surface area is 153 Å². The second-order valence-electron chi connectivity index (χ2n) is 5.74. The quantitative estimate of drug-likeness (QED) is 0.638. The minimum atomic E-state index is 0.620. The van der Waals surface area contributed by atoms with E-state index in [1.165, 1.54) is 0 Å². The lowest BCUT2D eigenvalue weighted by atomic mass is 10.3. The lowest BCUT2D eigenvalue weighted by molar-refractivity contribution is 0.403. The molecule has 3 rings (SSSR count). The van der Waals surface area contributed by atoms with Crippen LogP contribution in [0, 0.1) is 6.92 Å². The molecule has 0 amide bonds. The Bertz CT molecular complexity index is 828. The maximum atomic E-state index is 5.78. The van der Waals surface area contributed by atoms with E-state index in [4.69, 9.17) is 21.4 Å². The Morgan fingerprint density at radius 3 is 2.32 bits per heavy atom. The van der Waals surface area contributed by atoms with Gasteiger partial charge in [-0.25, -0.2) is 0 Å². The van der Waals surface area contributed by atoms with E-state index in [0.29, 0.717) is 11.7 Å². The number of thiocarbonyl (C=S) groups is 1. The van der Waals surface area contributed by atoms with Crippen LogP contribution in [0.25, 0.3) is 0 Å². The van der Waals surface area contributed by atoms with E-state index in [9.17, 15) is 0 Å². The van der Waals surface area contributed by atoms with Gasteiger partial charge in [-0.1, -0.05) is 18.2 Å². The highest BCUT2D eigenvalue weighted by Crippen LogP contribution is 2.22. The molecule has 5 heteroatoms. The van der Waals surface area contributed by atoms with Gasteiger partial charge in [0.25, 0.3) is 0 Å². The average molecular weight is 352 g/mol. The number of para-hydroxylation sites is 1. The number of nitrogens with one attached hydrogen (secondary N) is 1. The number of nitrogens with zero attached hydrogens (tertiary/aromatic N) is 1. The molecule has 0 saturated heterocycles. The second kappa shape index (κ2) is 7.85. The molecule has 128 valence electrons. The summed E-state index contributed by atoms with van der Waals surface area (Å²) in [5.74, 6) is 3.38. The molecule has 3 aromatic rings. The molecule has 0 spiro atoms. The van der Waals surface area contributed by atoms with E-state index in [1.54, 1.807) is 0 Å². The monoisotopic (exact) mass is 352 g/mol. The Morgan fingerprint density at radius 1 is 1.00 bits per heavy atom. The molecule has 0 radical (unpaired) electrons. The van der Waals surface area contributed by atoms with Crippen molar-refractivity contribution in [2.24, 2.45) is 0 Å². The van der Waals surface area contributed by atoms with Crippen LogP contribution in [0.3, 0.4) is 0 Å². The van der Waals surface area contributed by atoms with Crippen molar-refractivity contribution in [3.8, 4) is 11.5 Å². The molecular formula is C20H20N2O2S. The summed E-state index contributed by atoms with van der Waals surface area (Å²) < 4.78 is 11.4. The number of hydrogen-bond donors (Lipinski definition) is 1. The van der Waals surface area contributed by atoms with Gasteiger partial charge in [0.1, 0.15) is 23.0 Å². The highest BCUT2D eigenvalue weighted by Gasteiger charge is 2.08. The number of aryl methyl sites for hydroxylation is 1. The van der Waals surface area contributed by atoms with Crippen molar-refractivity contribution in [2.75, 3.05) is 12.4 Å². The topological polar surface area (TPSA) is 37.6 Å². The Kier molecular flexibility index (Phi) is 5.36. The summed E-state index contributed by atoms with van der Waals surface area (Å²) in [5, 5.41) is 3.85. The zero-order valence-electron chi connectivity index (χ0n) is 14.2. The zero-order chi connectivity index (χ0) is 17.6. The van der Waals surface area contributed by atoms with Crippen molar-refractivity contribution in [2.45, 2.75) is 13.5 Å². The lowest BCUT2D eigenvalue weighted by Gasteiger charge is -2.20. The summed E-state index contributed by atoms with van der Waals surface area (Å²) >= 11 is 5.44. The summed E-state index contributed by atoms with van der Waals surface area (Å²) in [5.41, 5.74) is 0.910. The summed E-state index contributed by atoms with van der Waals surface area (Å²) in [7, 11) is 1.93. The smallest absolute Gasteiger partial charge is 0.173 e. The average Bonchev–Trinajstić information content (AvgIpc) is 3.02. The number of rotatable bonds is 5. The minimum Gasteiger partial charge on any atom is -0.464 e. The maximum absolute atomic E-state index is 5.78. The molecule has 0 saturated carbocycles. The molecule has 25 heavy (non-hydrogen) atoms. The second-order valence-corrected chi connectivity index (χ2v) is 6.12. The van der Waals surface area contributed by atoms with Crippen LogP contribution in [-0.2, 0) is 6.54 Å². The Balaban J connectivity index is 1.56. The van der Waals surface area contributed by atoms with Crippen molar-refractivity contribution in [1.82, 2.24) is 4.90 Å². The van der Waals surface area contributed by atoms with E-state index < -0.39 is 0 Å². The largest absolute Gasteiger partial charge is 0.464 e. The molecule has 1 aromatic heterocycles. The van der Waals surface area contributed by atoms with Crippen LogP contribution in [0.2, 0.25) is 0 Å². The van der Waals surface area contributed by atoms with Crippen molar-refractivity contribution in [3.63, 3.8) is 0 Å². The van der Waals surface area contributed by atoms with Gasteiger partial charge in [-0.3, -0.25) is 0 Å². The SMILES string of the molecule is Cc1ccc(CN(C)C(=S)Nc2ccc(Oc3ccccc3)cc2)o1. The van der Waals surface area contributed by atoms with Gasteiger partial charge in [-0.05, 0) is 67.7 Å². The standard InChI is InChI=1S/C20H20N2O2S/c1-15-8-11-19(23-15)14-22(2)20(25)21-16-9-12-18(13-10-16)24-17-6-4-3-5-7-17/h3-13H,14H2,1-2H3,(H,21,25). The van der Waals surface area contributed by atoms with Crippen molar-refractivity contribution in [3.05, 3.63) is 78.3 Å². The van der Waals surface area contributed by atoms with E-state index in [0.717, 1.165) is 28.7 Å². The van der Waals surface area contributed by atoms with Gasteiger partial charge in [-0.2, -0.15) is 0 Å². The predicted molar refractivity (Wildman–Crippen MR) is 104 cm³/mol. The first-order chi connectivity index (χ1) is 12.1. The fourth-order valence-corrected chi connectivity index (χ4v) is 2.51. The number of benzene rings is 2. The number of hydrogen-bond acceptors (Lipinski definition) is 3. The van der Waals surface area contributed by atoms with E-state index in [-0.39, 0.29) is 0 Å². The van der Waals surface area contributed by atoms with Crippen LogP contribution in [0.5, 0.6) is 11.5 Å². The third-order valence-electron chi connectivity index (χ3n) is 3.62. The molecule has 0 unspecified atom stereocenters. The summed E-state index contributed by atoms with van der Waals surface area (Å²) in [6.07, 6.45) is 0. The fraction of sp³-hybridized carbons (Fsp3) is 0.150. The zero-order valence-corrected chi connectivity index (χ0v) is 15.0. The Morgan fingerprint density at radius 2 is 1.68 bits per heavy atom. The molecule has 0 atom stereocenters. The first kappa shape index (κ1) is 17.0. The third-order valence-corrected chi connectivity index (χ3v) is 4.03. The lowest BCUT2D eigenvalue weighted by Crippen LogP contribution is -2.30. The molecule has 0 bridgehead atoms. The first-order valence-electron chi connectivity index (χ1n) is 8.00. The molecule has 4 nitrogen and oxygen atoms in total. The molecule has 0 aliphatic carbocycles. The number of anilines is 1. The molecule has 0 aliphatic heterocycles.